The van der Waals surface area contributed by atoms with Crippen molar-refractivity contribution >= 4 is 21.7 Å². The van der Waals surface area contributed by atoms with Gasteiger partial charge in [-0.3, -0.25) is 14.4 Å². The summed E-state index contributed by atoms with van der Waals surface area (Å²) in [6.07, 6.45) is 2.44. The molecule has 142 valence electrons. The second-order valence-corrected chi connectivity index (χ2v) is 8.54. The quantitative estimate of drug-likeness (QED) is 0.805. The molecule has 1 fully saturated rings. The van der Waals surface area contributed by atoms with Crippen molar-refractivity contribution in [3.05, 3.63) is 23.8 Å². The van der Waals surface area contributed by atoms with E-state index in [0.717, 1.165) is 5.69 Å². The van der Waals surface area contributed by atoms with Gasteiger partial charge in [0, 0.05) is 25.6 Å². The molecule has 10 heteroatoms. The van der Waals surface area contributed by atoms with Crippen LogP contribution in [0.3, 0.4) is 0 Å². The van der Waals surface area contributed by atoms with Gasteiger partial charge in [-0.15, -0.1) is 0 Å². The van der Waals surface area contributed by atoms with E-state index in [1.807, 2.05) is 26.8 Å². The molecule has 2 N–H and O–H groups in total. The minimum Gasteiger partial charge on any atom is -0.332 e. The van der Waals surface area contributed by atoms with E-state index < -0.39 is 16.1 Å². The number of nitrogens with zero attached hydrogens (tertiary/aromatic N) is 4. The van der Waals surface area contributed by atoms with E-state index in [4.69, 9.17) is 0 Å². The third kappa shape index (κ3) is 3.51. The molecule has 3 heterocycles. The van der Waals surface area contributed by atoms with Crippen LogP contribution in [0.15, 0.2) is 17.3 Å². The van der Waals surface area contributed by atoms with Crippen LogP contribution in [0.5, 0.6) is 0 Å². The number of carbonyl (C=O) groups is 1. The number of aromatic amines is 1. The van der Waals surface area contributed by atoms with Crippen LogP contribution in [0.25, 0.3) is 0 Å². The van der Waals surface area contributed by atoms with E-state index in [1.54, 1.807) is 16.6 Å². The third-order valence-corrected chi connectivity index (χ3v) is 5.78. The summed E-state index contributed by atoms with van der Waals surface area (Å²) in [6.45, 7) is 6.22. The Labute approximate surface area is 152 Å². The first-order valence-corrected chi connectivity index (χ1v) is 10.1. The first-order valence-electron chi connectivity index (χ1n) is 8.58. The predicted molar refractivity (Wildman–Crippen MR) is 96.3 cm³/mol. The molecule has 9 nitrogen and oxygen atoms in total. The fourth-order valence-electron chi connectivity index (χ4n) is 3.06. The SMILES string of the molecule is Cc1cc(N2CCCC(NS(=O)(=O)c3cnc(C(C)C)[nH]3)C2=O)n(C)n1. The normalized spacial score (nSPS) is 18.7. The van der Waals surface area contributed by atoms with Crippen LogP contribution in [-0.2, 0) is 21.9 Å². The summed E-state index contributed by atoms with van der Waals surface area (Å²) in [5, 5.41) is 4.23. The number of anilines is 1. The van der Waals surface area contributed by atoms with Gasteiger partial charge in [0.25, 0.3) is 10.0 Å². The van der Waals surface area contributed by atoms with Crippen LogP contribution in [-0.4, -0.2) is 46.7 Å². The first kappa shape index (κ1) is 18.6. The Morgan fingerprint density at radius 3 is 2.69 bits per heavy atom. The summed E-state index contributed by atoms with van der Waals surface area (Å²) in [5.41, 5.74) is 0.802. The number of aryl methyl sites for hydroxylation is 2. The van der Waals surface area contributed by atoms with Gasteiger partial charge < -0.3 is 4.98 Å². The Kier molecular flexibility index (Phi) is 4.89. The van der Waals surface area contributed by atoms with Gasteiger partial charge in [0.15, 0.2) is 5.03 Å². The lowest BCUT2D eigenvalue weighted by Gasteiger charge is -2.32. The lowest BCUT2D eigenvalue weighted by molar-refractivity contribution is -0.121. The van der Waals surface area contributed by atoms with Crippen LogP contribution >= 0.6 is 0 Å². The molecule has 1 amide bonds. The molecule has 0 bridgehead atoms. The summed E-state index contributed by atoms with van der Waals surface area (Å²) >= 11 is 0. The molecular weight excluding hydrogens is 356 g/mol. The summed E-state index contributed by atoms with van der Waals surface area (Å²) in [6, 6.07) is 1.01. The van der Waals surface area contributed by atoms with E-state index in [-0.39, 0.29) is 16.9 Å². The number of hydrogen-bond acceptors (Lipinski definition) is 5. The number of hydrogen-bond donors (Lipinski definition) is 2. The van der Waals surface area contributed by atoms with Crippen molar-refractivity contribution in [3.8, 4) is 0 Å². The highest BCUT2D eigenvalue weighted by atomic mass is 32.2. The largest absolute Gasteiger partial charge is 0.332 e. The number of carbonyl (C=O) groups excluding carboxylic acids is 1. The highest BCUT2D eigenvalue weighted by Gasteiger charge is 2.34. The van der Waals surface area contributed by atoms with Crippen LogP contribution < -0.4 is 9.62 Å². The van der Waals surface area contributed by atoms with Crippen molar-refractivity contribution in [2.24, 2.45) is 7.05 Å². The lowest BCUT2D eigenvalue weighted by atomic mass is 10.1. The van der Waals surface area contributed by atoms with Crippen LogP contribution in [0, 0.1) is 6.92 Å². The second-order valence-electron chi connectivity index (χ2n) is 6.86. The maximum absolute atomic E-state index is 12.8. The highest BCUT2D eigenvalue weighted by molar-refractivity contribution is 7.89. The number of amides is 1. The Bertz CT molecular complexity index is 914. The van der Waals surface area contributed by atoms with Gasteiger partial charge in [0.2, 0.25) is 5.91 Å². The van der Waals surface area contributed by atoms with Gasteiger partial charge in [0.1, 0.15) is 17.7 Å². The number of aromatic nitrogens is 4. The fourth-order valence-corrected chi connectivity index (χ4v) is 4.21. The van der Waals surface area contributed by atoms with E-state index in [1.165, 1.54) is 6.20 Å². The molecule has 0 aliphatic carbocycles. The first-order chi connectivity index (χ1) is 12.2. The molecule has 1 unspecified atom stereocenters. The van der Waals surface area contributed by atoms with Crippen molar-refractivity contribution in [2.45, 2.75) is 50.6 Å². The van der Waals surface area contributed by atoms with E-state index >= 15 is 0 Å². The van der Waals surface area contributed by atoms with Gasteiger partial charge in [-0.2, -0.15) is 9.82 Å². The number of H-pyrrole nitrogens is 1. The molecule has 1 aliphatic rings. The number of imidazole rings is 1. The number of rotatable bonds is 5. The average Bonchev–Trinajstić information content (AvgIpc) is 3.17. The summed E-state index contributed by atoms with van der Waals surface area (Å²) in [7, 11) is -2.09. The molecule has 1 atom stereocenters. The van der Waals surface area contributed by atoms with Crippen molar-refractivity contribution in [3.63, 3.8) is 0 Å². The Balaban J connectivity index is 1.80. The Morgan fingerprint density at radius 1 is 1.38 bits per heavy atom. The number of piperidine rings is 1. The average molecular weight is 380 g/mol. The zero-order valence-electron chi connectivity index (χ0n) is 15.4. The zero-order valence-corrected chi connectivity index (χ0v) is 16.2. The molecular formula is C16H24N6O3S. The van der Waals surface area contributed by atoms with Crippen molar-refractivity contribution < 1.29 is 13.2 Å². The van der Waals surface area contributed by atoms with Gasteiger partial charge >= 0.3 is 0 Å². The molecule has 2 aromatic rings. The monoisotopic (exact) mass is 380 g/mol. The third-order valence-electron chi connectivity index (χ3n) is 4.40. The maximum Gasteiger partial charge on any atom is 0.258 e. The summed E-state index contributed by atoms with van der Waals surface area (Å²) < 4.78 is 29.4. The Hall–Kier alpha value is -2.20. The van der Waals surface area contributed by atoms with Gasteiger partial charge in [-0.05, 0) is 19.8 Å². The van der Waals surface area contributed by atoms with Gasteiger partial charge in [-0.25, -0.2) is 13.4 Å². The molecule has 26 heavy (non-hydrogen) atoms. The maximum atomic E-state index is 12.8. The Morgan fingerprint density at radius 2 is 2.12 bits per heavy atom. The molecule has 0 spiro atoms. The van der Waals surface area contributed by atoms with Crippen LogP contribution in [0.4, 0.5) is 5.82 Å². The molecule has 0 saturated carbocycles. The smallest absolute Gasteiger partial charge is 0.258 e. The molecule has 3 rings (SSSR count). The van der Waals surface area contributed by atoms with Gasteiger partial charge in [0.05, 0.1) is 11.9 Å². The molecule has 1 saturated heterocycles. The van der Waals surface area contributed by atoms with Crippen molar-refractivity contribution in [1.29, 1.82) is 0 Å². The fraction of sp³-hybridized carbons (Fsp3) is 0.562. The molecule has 0 aromatic carbocycles. The topological polar surface area (TPSA) is 113 Å². The minimum absolute atomic E-state index is 0.0255. The molecule has 2 aromatic heterocycles. The van der Waals surface area contributed by atoms with Crippen molar-refractivity contribution in [1.82, 2.24) is 24.5 Å². The van der Waals surface area contributed by atoms with Crippen LogP contribution in [0.1, 0.15) is 44.1 Å². The highest BCUT2D eigenvalue weighted by Crippen LogP contribution is 2.23. The lowest BCUT2D eigenvalue weighted by Crippen LogP contribution is -2.52. The molecule has 0 radical (unpaired) electrons. The second kappa shape index (κ2) is 6.84. The van der Waals surface area contributed by atoms with E-state index in [9.17, 15) is 13.2 Å². The van der Waals surface area contributed by atoms with Gasteiger partial charge in [-0.1, -0.05) is 13.8 Å². The summed E-state index contributed by atoms with van der Waals surface area (Å²) in [5.74, 6) is 1.07. The number of nitrogens with one attached hydrogen (secondary N) is 2. The standard InChI is InChI=1S/C16H24N6O3S/c1-10(2)15-17-9-13(18-15)26(24,25)20-12-6-5-7-22(16(12)23)14-8-11(3)19-21(14)4/h8-10,12,20H,5-7H2,1-4H3,(H,17,18). The zero-order chi connectivity index (χ0) is 19.1. The molecule has 1 aliphatic heterocycles. The van der Waals surface area contributed by atoms with Crippen molar-refractivity contribution in [2.75, 3.05) is 11.4 Å². The van der Waals surface area contributed by atoms with Crippen LogP contribution in [0.2, 0.25) is 0 Å². The summed E-state index contributed by atoms with van der Waals surface area (Å²) in [4.78, 5) is 21.3. The van der Waals surface area contributed by atoms with E-state index in [0.29, 0.717) is 31.0 Å². The minimum atomic E-state index is -3.85. The van der Waals surface area contributed by atoms with E-state index in [2.05, 4.69) is 19.8 Å². The number of sulfonamides is 1. The predicted octanol–water partition coefficient (Wildman–Crippen LogP) is 1.05.